The summed E-state index contributed by atoms with van der Waals surface area (Å²) in [6.07, 6.45) is 2.98. The van der Waals surface area contributed by atoms with Crippen molar-refractivity contribution in [2.24, 2.45) is 0 Å². The molecule has 1 N–H and O–H groups in total. The lowest BCUT2D eigenvalue weighted by Gasteiger charge is -2.37. The Morgan fingerprint density at radius 1 is 1.00 bits per heavy atom. The van der Waals surface area contributed by atoms with Crippen molar-refractivity contribution < 1.29 is 19.1 Å². The molecule has 3 aromatic rings. The third-order valence-corrected chi connectivity index (χ3v) is 6.51. The first-order valence-electron chi connectivity index (χ1n) is 11.7. The van der Waals surface area contributed by atoms with Crippen molar-refractivity contribution in [2.75, 3.05) is 27.3 Å². The van der Waals surface area contributed by atoms with E-state index in [-0.39, 0.29) is 30.7 Å². The number of hydrogen-bond donors (Lipinski definition) is 1. The van der Waals surface area contributed by atoms with Gasteiger partial charge in [0, 0.05) is 49.4 Å². The zero-order valence-electron chi connectivity index (χ0n) is 20.0. The highest BCUT2D eigenvalue weighted by atomic mass is 35.5. The van der Waals surface area contributed by atoms with Crippen molar-refractivity contribution in [3.05, 3.63) is 82.6 Å². The lowest BCUT2D eigenvalue weighted by Crippen LogP contribution is -2.42. The third-order valence-electron chi connectivity index (χ3n) is 6.27. The quantitative estimate of drug-likeness (QED) is 0.482. The van der Waals surface area contributed by atoms with E-state index in [1.165, 1.54) is 0 Å². The van der Waals surface area contributed by atoms with Crippen LogP contribution in [0.15, 0.2) is 60.8 Å². The SMILES string of the molecule is COc1ccc(CCNC(=O)CCC(=O)N2CCn3cccc3C2c2cccc(Cl)c2)cc1OC. The van der Waals surface area contributed by atoms with Gasteiger partial charge in [0.25, 0.3) is 0 Å². The van der Waals surface area contributed by atoms with Crippen LogP contribution in [0.4, 0.5) is 0 Å². The first-order valence-corrected chi connectivity index (χ1v) is 12.1. The fraction of sp³-hybridized carbons (Fsp3) is 0.333. The predicted molar refractivity (Wildman–Crippen MR) is 135 cm³/mol. The highest BCUT2D eigenvalue weighted by Gasteiger charge is 2.32. The largest absolute Gasteiger partial charge is 0.493 e. The minimum atomic E-state index is -0.224. The minimum absolute atomic E-state index is 0.0440. The minimum Gasteiger partial charge on any atom is -0.493 e. The summed E-state index contributed by atoms with van der Waals surface area (Å²) in [7, 11) is 3.19. The fourth-order valence-corrected chi connectivity index (χ4v) is 4.71. The van der Waals surface area contributed by atoms with Crippen LogP contribution in [0, 0.1) is 0 Å². The van der Waals surface area contributed by atoms with Gasteiger partial charge in [-0.05, 0) is 53.9 Å². The number of benzene rings is 2. The lowest BCUT2D eigenvalue weighted by molar-refractivity contribution is -0.136. The molecule has 184 valence electrons. The zero-order valence-corrected chi connectivity index (χ0v) is 20.8. The topological polar surface area (TPSA) is 72.8 Å². The Morgan fingerprint density at radius 2 is 1.83 bits per heavy atom. The molecule has 1 aliphatic rings. The maximum atomic E-state index is 13.2. The second kappa shape index (κ2) is 11.3. The monoisotopic (exact) mass is 495 g/mol. The molecule has 35 heavy (non-hydrogen) atoms. The molecule has 7 nitrogen and oxygen atoms in total. The summed E-state index contributed by atoms with van der Waals surface area (Å²) in [4.78, 5) is 27.5. The molecular formula is C27H30ClN3O4. The number of methoxy groups -OCH3 is 2. The zero-order chi connectivity index (χ0) is 24.8. The van der Waals surface area contributed by atoms with Crippen molar-refractivity contribution in [3.63, 3.8) is 0 Å². The molecule has 2 heterocycles. The lowest BCUT2D eigenvalue weighted by atomic mass is 9.99. The second-order valence-corrected chi connectivity index (χ2v) is 8.90. The van der Waals surface area contributed by atoms with Crippen LogP contribution >= 0.6 is 11.6 Å². The molecule has 1 atom stereocenters. The summed E-state index contributed by atoms with van der Waals surface area (Å²) in [6, 6.07) is 17.1. The number of nitrogens with one attached hydrogen (secondary N) is 1. The van der Waals surface area contributed by atoms with Crippen LogP contribution in [0.25, 0.3) is 0 Å². The van der Waals surface area contributed by atoms with Gasteiger partial charge in [-0.3, -0.25) is 9.59 Å². The Labute approximate surface area is 210 Å². The molecule has 0 saturated heterocycles. The molecule has 0 bridgehead atoms. The van der Waals surface area contributed by atoms with E-state index in [0.29, 0.717) is 36.0 Å². The maximum Gasteiger partial charge on any atom is 0.223 e. The van der Waals surface area contributed by atoms with Gasteiger partial charge in [-0.25, -0.2) is 0 Å². The molecule has 0 aliphatic carbocycles. The third kappa shape index (κ3) is 5.80. The van der Waals surface area contributed by atoms with E-state index in [4.69, 9.17) is 21.1 Å². The van der Waals surface area contributed by atoms with Crippen LogP contribution < -0.4 is 14.8 Å². The number of aromatic nitrogens is 1. The molecule has 0 radical (unpaired) electrons. The molecule has 2 aromatic carbocycles. The average Bonchev–Trinajstić information content (AvgIpc) is 3.35. The highest BCUT2D eigenvalue weighted by molar-refractivity contribution is 6.30. The maximum absolute atomic E-state index is 13.2. The van der Waals surface area contributed by atoms with Gasteiger partial charge < -0.3 is 24.3 Å². The van der Waals surface area contributed by atoms with E-state index in [9.17, 15) is 9.59 Å². The molecule has 8 heteroatoms. The molecule has 1 aromatic heterocycles. The Bertz CT molecular complexity index is 1190. The predicted octanol–water partition coefficient (Wildman–Crippen LogP) is 4.23. The first kappa shape index (κ1) is 24.7. The number of halogens is 1. The van der Waals surface area contributed by atoms with Crippen molar-refractivity contribution in [2.45, 2.75) is 31.8 Å². The number of amides is 2. The Hall–Kier alpha value is -3.45. The van der Waals surface area contributed by atoms with Gasteiger partial charge in [-0.1, -0.05) is 29.8 Å². The van der Waals surface area contributed by atoms with E-state index < -0.39 is 0 Å². The van der Waals surface area contributed by atoms with Crippen LogP contribution in [0.3, 0.4) is 0 Å². The first-order chi connectivity index (χ1) is 17.0. The molecule has 0 spiro atoms. The van der Waals surface area contributed by atoms with Crippen LogP contribution in [-0.2, 0) is 22.6 Å². The molecule has 1 unspecified atom stereocenters. The second-order valence-electron chi connectivity index (χ2n) is 8.46. The van der Waals surface area contributed by atoms with E-state index in [1.54, 1.807) is 14.2 Å². The smallest absolute Gasteiger partial charge is 0.223 e. The van der Waals surface area contributed by atoms with Gasteiger partial charge >= 0.3 is 0 Å². The number of rotatable bonds is 9. The van der Waals surface area contributed by atoms with Gasteiger partial charge in [0.05, 0.1) is 20.3 Å². The van der Waals surface area contributed by atoms with Crippen molar-refractivity contribution in [1.82, 2.24) is 14.8 Å². The van der Waals surface area contributed by atoms with Crippen LogP contribution in [-0.4, -0.2) is 48.6 Å². The van der Waals surface area contributed by atoms with E-state index in [1.807, 2.05) is 65.7 Å². The van der Waals surface area contributed by atoms with Crippen LogP contribution in [0.2, 0.25) is 5.02 Å². The number of hydrogen-bond acceptors (Lipinski definition) is 4. The van der Waals surface area contributed by atoms with Gasteiger partial charge in [0.15, 0.2) is 11.5 Å². The van der Waals surface area contributed by atoms with Gasteiger partial charge in [-0.15, -0.1) is 0 Å². The van der Waals surface area contributed by atoms with Gasteiger partial charge in [0.1, 0.15) is 0 Å². The summed E-state index contributed by atoms with van der Waals surface area (Å²) in [5.74, 6) is 1.14. The number of ether oxygens (including phenoxy) is 2. The average molecular weight is 496 g/mol. The van der Waals surface area contributed by atoms with E-state index in [0.717, 1.165) is 23.4 Å². The fourth-order valence-electron chi connectivity index (χ4n) is 4.51. The summed E-state index contributed by atoms with van der Waals surface area (Å²) in [5.41, 5.74) is 3.04. The van der Waals surface area contributed by atoms with E-state index >= 15 is 0 Å². The Morgan fingerprint density at radius 3 is 2.60 bits per heavy atom. The summed E-state index contributed by atoms with van der Waals surface area (Å²) >= 11 is 6.24. The molecule has 0 fully saturated rings. The standard InChI is InChI=1S/C27H30ClN3O4/c1-34-23-9-8-19(17-24(23)35-2)12-13-29-25(32)10-11-26(33)31-16-15-30-14-4-7-22(30)27(31)20-5-3-6-21(28)18-20/h3-9,14,17-18,27H,10-13,15-16H2,1-2H3,(H,29,32). The molecule has 0 saturated carbocycles. The van der Waals surface area contributed by atoms with Crippen LogP contribution in [0.1, 0.15) is 35.7 Å². The van der Waals surface area contributed by atoms with Crippen molar-refractivity contribution in [1.29, 1.82) is 0 Å². The highest BCUT2D eigenvalue weighted by Crippen LogP contribution is 2.34. The number of fused-ring (bicyclic) bond motifs is 1. The number of carbonyl (C=O) groups excluding carboxylic acids is 2. The molecule has 2 amide bonds. The van der Waals surface area contributed by atoms with Crippen molar-refractivity contribution in [3.8, 4) is 11.5 Å². The Balaban J connectivity index is 1.33. The summed E-state index contributed by atoms with van der Waals surface area (Å²) in [6.45, 7) is 1.78. The van der Waals surface area contributed by atoms with Crippen molar-refractivity contribution >= 4 is 23.4 Å². The summed E-state index contributed by atoms with van der Waals surface area (Å²) < 4.78 is 12.7. The van der Waals surface area contributed by atoms with E-state index in [2.05, 4.69) is 9.88 Å². The number of carbonyl (C=O) groups is 2. The normalized spacial score (nSPS) is 14.8. The molecule has 1 aliphatic heterocycles. The van der Waals surface area contributed by atoms with Gasteiger partial charge in [-0.2, -0.15) is 0 Å². The van der Waals surface area contributed by atoms with Gasteiger partial charge in [0.2, 0.25) is 11.8 Å². The Kier molecular flexibility index (Phi) is 7.98. The molecular weight excluding hydrogens is 466 g/mol. The summed E-state index contributed by atoms with van der Waals surface area (Å²) in [5, 5.41) is 3.55. The molecule has 4 rings (SSSR count). The number of nitrogens with zero attached hydrogens (tertiary/aromatic N) is 2. The van der Waals surface area contributed by atoms with Crippen LogP contribution in [0.5, 0.6) is 11.5 Å².